The van der Waals surface area contributed by atoms with Crippen LogP contribution in [-0.4, -0.2) is 51.1 Å². The van der Waals surface area contributed by atoms with E-state index in [1.54, 1.807) is 6.07 Å². The number of rotatable bonds is 8. The maximum Gasteiger partial charge on any atom is 0.191 e. The Labute approximate surface area is 150 Å². The molecule has 0 aliphatic rings. The molecule has 0 aliphatic heterocycles. The van der Waals surface area contributed by atoms with Gasteiger partial charge in [0.25, 0.3) is 0 Å². The number of nitrogens with zero attached hydrogens (tertiary/aromatic N) is 2. The monoisotopic (exact) mass is 422 g/mol. The van der Waals surface area contributed by atoms with Crippen LogP contribution in [0.15, 0.2) is 29.3 Å². The Balaban J connectivity index is 0.00000441. The fourth-order valence-corrected chi connectivity index (χ4v) is 1.94. The molecule has 0 atom stereocenters. The summed E-state index contributed by atoms with van der Waals surface area (Å²) in [5, 5.41) is 6.45. The summed E-state index contributed by atoms with van der Waals surface area (Å²) >= 11 is 0. The van der Waals surface area contributed by atoms with Gasteiger partial charge in [-0.2, -0.15) is 0 Å². The van der Waals surface area contributed by atoms with Gasteiger partial charge in [0.2, 0.25) is 0 Å². The highest BCUT2D eigenvalue weighted by atomic mass is 127. The zero-order valence-electron chi connectivity index (χ0n) is 13.7. The van der Waals surface area contributed by atoms with Crippen molar-refractivity contribution in [3.8, 4) is 0 Å². The first-order valence-corrected chi connectivity index (χ1v) is 7.53. The van der Waals surface area contributed by atoms with Gasteiger partial charge in [-0.25, -0.2) is 4.39 Å². The third kappa shape index (κ3) is 9.19. The lowest BCUT2D eigenvalue weighted by molar-refractivity contribution is 0.403. The molecule has 0 aromatic heterocycles. The summed E-state index contributed by atoms with van der Waals surface area (Å²) in [5.74, 6) is 0.653. The van der Waals surface area contributed by atoms with Crippen molar-refractivity contribution in [2.45, 2.75) is 19.8 Å². The average Bonchev–Trinajstić information content (AvgIpc) is 2.45. The number of benzene rings is 1. The van der Waals surface area contributed by atoms with Crippen LogP contribution in [0.4, 0.5) is 4.39 Å². The first kappa shape index (κ1) is 21.1. The van der Waals surface area contributed by atoms with Crippen molar-refractivity contribution in [3.05, 3.63) is 35.6 Å². The third-order valence-electron chi connectivity index (χ3n) is 3.02. The third-order valence-corrected chi connectivity index (χ3v) is 3.02. The zero-order valence-corrected chi connectivity index (χ0v) is 16.1. The van der Waals surface area contributed by atoms with E-state index in [2.05, 4.69) is 34.6 Å². The molecule has 22 heavy (non-hydrogen) atoms. The summed E-state index contributed by atoms with van der Waals surface area (Å²) in [5.41, 5.74) is 0.730. The number of aliphatic imine (C=N–C) groups is 1. The van der Waals surface area contributed by atoms with Crippen molar-refractivity contribution in [2.24, 2.45) is 4.99 Å². The Morgan fingerprint density at radius 3 is 2.59 bits per heavy atom. The normalized spacial score (nSPS) is 11.2. The van der Waals surface area contributed by atoms with Crippen LogP contribution in [0.2, 0.25) is 0 Å². The Morgan fingerprint density at radius 2 is 1.95 bits per heavy atom. The van der Waals surface area contributed by atoms with Gasteiger partial charge >= 0.3 is 0 Å². The molecular weight excluding hydrogens is 394 g/mol. The van der Waals surface area contributed by atoms with Crippen LogP contribution in [0.3, 0.4) is 0 Å². The maximum absolute atomic E-state index is 13.5. The molecule has 6 heteroatoms. The number of nitrogens with one attached hydrogen (secondary N) is 2. The van der Waals surface area contributed by atoms with E-state index < -0.39 is 0 Å². The quantitative estimate of drug-likeness (QED) is 0.293. The minimum absolute atomic E-state index is 0. The summed E-state index contributed by atoms with van der Waals surface area (Å²) in [6.45, 7) is 5.33. The number of hydrogen-bond acceptors (Lipinski definition) is 2. The Morgan fingerprint density at radius 1 is 1.23 bits per heavy atom. The number of halogens is 2. The molecule has 0 spiro atoms. The van der Waals surface area contributed by atoms with Gasteiger partial charge in [0.15, 0.2) is 5.96 Å². The summed E-state index contributed by atoms with van der Waals surface area (Å²) < 4.78 is 13.5. The number of guanidine groups is 1. The highest BCUT2D eigenvalue weighted by molar-refractivity contribution is 14.0. The highest BCUT2D eigenvalue weighted by Crippen LogP contribution is 2.05. The smallest absolute Gasteiger partial charge is 0.191 e. The van der Waals surface area contributed by atoms with Crippen LogP contribution in [-0.2, 0) is 6.42 Å². The summed E-state index contributed by atoms with van der Waals surface area (Å²) in [4.78, 5) is 6.66. The molecule has 0 saturated carbocycles. The van der Waals surface area contributed by atoms with E-state index in [-0.39, 0.29) is 29.8 Å². The van der Waals surface area contributed by atoms with Crippen LogP contribution < -0.4 is 10.6 Å². The second-order valence-electron chi connectivity index (χ2n) is 5.19. The predicted octanol–water partition coefficient (Wildman–Crippen LogP) is 2.49. The molecule has 0 amide bonds. The van der Waals surface area contributed by atoms with E-state index in [1.165, 1.54) is 6.07 Å². The lowest BCUT2D eigenvalue weighted by Crippen LogP contribution is -2.38. The van der Waals surface area contributed by atoms with E-state index in [9.17, 15) is 4.39 Å². The van der Waals surface area contributed by atoms with Crippen LogP contribution in [0, 0.1) is 5.82 Å². The zero-order chi connectivity index (χ0) is 15.5. The van der Waals surface area contributed by atoms with Crippen LogP contribution in [0.25, 0.3) is 0 Å². The molecule has 0 unspecified atom stereocenters. The Hall–Kier alpha value is -0.890. The van der Waals surface area contributed by atoms with Gasteiger partial charge in [-0.3, -0.25) is 4.99 Å². The lowest BCUT2D eigenvalue weighted by Gasteiger charge is -2.12. The lowest BCUT2D eigenvalue weighted by atomic mass is 10.1. The summed E-state index contributed by atoms with van der Waals surface area (Å²) in [7, 11) is 4.11. The highest BCUT2D eigenvalue weighted by Gasteiger charge is 2.01. The van der Waals surface area contributed by atoms with E-state index in [0.717, 1.165) is 37.6 Å². The predicted molar refractivity (Wildman–Crippen MR) is 103 cm³/mol. The molecule has 1 rings (SSSR count). The standard InChI is InChI=1S/C16H27FN4.HI/c1-4-18-16(19-11-7-13-21(2)3)20-12-10-14-8-5-6-9-15(14)17;/h5-6,8-9H,4,7,10-13H2,1-3H3,(H2,18,19,20);1H. The molecule has 0 bridgehead atoms. The minimum atomic E-state index is -0.146. The van der Waals surface area contributed by atoms with Gasteiger partial charge in [0.05, 0.1) is 0 Å². The topological polar surface area (TPSA) is 39.7 Å². The average molecular weight is 422 g/mol. The Bertz CT molecular complexity index is 438. The van der Waals surface area contributed by atoms with Crippen molar-refractivity contribution >= 4 is 29.9 Å². The largest absolute Gasteiger partial charge is 0.357 e. The molecule has 2 N–H and O–H groups in total. The van der Waals surface area contributed by atoms with Crippen molar-refractivity contribution in [2.75, 3.05) is 40.3 Å². The maximum atomic E-state index is 13.5. The van der Waals surface area contributed by atoms with E-state index in [1.807, 2.05) is 19.1 Å². The van der Waals surface area contributed by atoms with Gasteiger partial charge in [-0.15, -0.1) is 24.0 Å². The molecule has 0 aliphatic carbocycles. The summed E-state index contributed by atoms with van der Waals surface area (Å²) in [6.07, 6.45) is 1.67. The molecule has 0 fully saturated rings. The molecule has 0 saturated heterocycles. The fraction of sp³-hybridized carbons (Fsp3) is 0.562. The molecular formula is C16H28FIN4. The van der Waals surface area contributed by atoms with E-state index in [0.29, 0.717) is 13.0 Å². The van der Waals surface area contributed by atoms with Crippen LogP contribution in [0.1, 0.15) is 18.9 Å². The first-order valence-electron chi connectivity index (χ1n) is 7.53. The second-order valence-corrected chi connectivity index (χ2v) is 5.19. The molecule has 1 aromatic carbocycles. The second kappa shape index (κ2) is 12.6. The van der Waals surface area contributed by atoms with Gasteiger partial charge in [-0.05, 0) is 52.0 Å². The molecule has 126 valence electrons. The van der Waals surface area contributed by atoms with E-state index >= 15 is 0 Å². The van der Waals surface area contributed by atoms with Gasteiger partial charge in [0.1, 0.15) is 5.82 Å². The molecule has 0 heterocycles. The fourth-order valence-electron chi connectivity index (χ4n) is 1.94. The van der Waals surface area contributed by atoms with Crippen LogP contribution in [0.5, 0.6) is 0 Å². The van der Waals surface area contributed by atoms with Crippen molar-refractivity contribution in [1.82, 2.24) is 15.5 Å². The van der Waals surface area contributed by atoms with Crippen molar-refractivity contribution in [3.63, 3.8) is 0 Å². The van der Waals surface area contributed by atoms with Crippen molar-refractivity contribution in [1.29, 1.82) is 0 Å². The van der Waals surface area contributed by atoms with Crippen LogP contribution >= 0.6 is 24.0 Å². The SMILES string of the molecule is CCNC(=NCCCN(C)C)NCCc1ccccc1F.I. The van der Waals surface area contributed by atoms with Gasteiger partial charge < -0.3 is 15.5 Å². The molecule has 0 radical (unpaired) electrons. The van der Waals surface area contributed by atoms with Gasteiger partial charge in [0, 0.05) is 19.6 Å². The van der Waals surface area contributed by atoms with Crippen molar-refractivity contribution < 1.29 is 4.39 Å². The summed E-state index contributed by atoms with van der Waals surface area (Å²) in [6, 6.07) is 6.88. The Kier molecular flexibility index (Phi) is 12.1. The minimum Gasteiger partial charge on any atom is -0.357 e. The molecule has 4 nitrogen and oxygen atoms in total. The molecule has 1 aromatic rings. The first-order chi connectivity index (χ1) is 10.1. The van der Waals surface area contributed by atoms with Gasteiger partial charge in [-0.1, -0.05) is 18.2 Å². The number of hydrogen-bond donors (Lipinski definition) is 2. The van der Waals surface area contributed by atoms with E-state index in [4.69, 9.17) is 0 Å².